The van der Waals surface area contributed by atoms with Crippen LogP contribution in [0.15, 0.2) is 36.5 Å². The molecule has 5 rings (SSSR count). The summed E-state index contributed by atoms with van der Waals surface area (Å²) in [4.78, 5) is 31.9. The summed E-state index contributed by atoms with van der Waals surface area (Å²) in [7, 11) is 3.12. The molecule has 0 spiro atoms. The third-order valence-corrected chi connectivity index (χ3v) is 7.15. The van der Waals surface area contributed by atoms with Gasteiger partial charge in [0.05, 0.1) is 20.6 Å². The van der Waals surface area contributed by atoms with Crippen molar-refractivity contribution in [1.29, 1.82) is 0 Å². The van der Waals surface area contributed by atoms with Gasteiger partial charge in [0, 0.05) is 44.0 Å². The maximum Gasteiger partial charge on any atom is 0.325 e. The Kier molecular flexibility index (Phi) is 5.70. The first-order chi connectivity index (χ1) is 16.4. The molecule has 1 atom stereocenters. The van der Waals surface area contributed by atoms with Gasteiger partial charge in [-0.2, -0.15) is 0 Å². The highest BCUT2D eigenvalue weighted by Crippen LogP contribution is 2.38. The van der Waals surface area contributed by atoms with Crippen LogP contribution in [0.4, 0.5) is 9.18 Å². The molecule has 8 nitrogen and oxygen atoms in total. The molecule has 1 aliphatic heterocycles. The van der Waals surface area contributed by atoms with Crippen molar-refractivity contribution in [1.82, 2.24) is 19.8 Å². The number of carbonyl (C=O) groups is 2. The van der Waals surface area contributed by atoms with E-state index < -0.39 is 5.82 Å². The number of aryl methyl sites for hydroxylation is 1. The van der Waals surface area contributed by atoms with Crippen LogP contribution in [0.25, 0.3) is 21.1 Å². The standard InChI is InChI=1S/C24H23FN4O4S/c1-13-11-14-16(29(13)24(31)26-2)6-7-17(21(14)25)33-18-8-9-27-15-12-19(34-22(15)18)23(30)28-10-4-5-20(28)32-3/h6-9,11-12,20H,4-5,10H2,1-3H3,(H,26,31). The Hall–Kier alpha value is -3.50. The quantitative estimate of drug-likeness (QED) is 0.448. The van der Waals surface area contributed by atoms with Crippen molar-refractivity contribution in [3.05, 3.63) is 52.9 Å². The Morgan fingerprint density at radius 3 is 2.82 bits per heavy atom. The number of carbonyl (C=O) groups excluding carboxylic acids is 2. The summed E-state index contributed by atoms with van der Waals surface area (Å²) in [6.07, 6.45) is 3.04. The van der Waals surface area contributed by atoms with Crippen LogP contribution in [-0.4, -0.2) is 53.3 Å². The average molecular weight is 483 g/mol. The van der Waals surface area contributed by atoms with Gasteiger partial charge in [0.15, 0.2) is 11.6 Å². The largest absolute Gasteiger partial charge is 0.453 e. The van der Waals surface area contributed by atoms with Gasteiger partial charge in [-0.1, -0.05) is 0 Å². The second kappa shape index (κ2) is 8.69. The predicted molar refractivity (Wildman–Crippen MR) is 127 cm³/mol. The summed E-state index contributed by atoms with van der Waals surface area (Å²) in [6.45, 7) is 2.38. The fourth-order valence-corrected chi connectivity index (χ4v) is 5.41. The van der Waals surface area contributed by atoms with Crippen molar-refractivity contribution < 1.29 is 23.5 Å². The summed E-state index contributed by atoms with van der Waals surface area (Å²) >= 11 is 1.26. The van der Waals surface area contributed by atoms with E-state index in [9.17, 15) is 9.59 Å². The molecule has 34 heavy (non-hydrogen) atoms. The van der Waals surface area contributed by atoms with Crippen molar-refractivity contribution in [3.63, 3.8) is 0 Å². The number of amides is 2. The lowest BCUT2D eigenvalue weighted by Crippen LogP contribution is -2.36. The number of likely N-dealkylation sites (tertiary alicyclic amines) is 1. The molecule has 176 valence electrons. The fraction of sp³-hybridized carbons (Fsp3) is 0.292. The smallest absolute Gasteiger partial charge is 0.325 e. The van der Waals surface area contributed by atoms with E-state index in [2.05, 4.69) is 10.3 Å². The first-order valence-electron chi connectivity index (χ1n) is 10.9. The third-order valence-electron chi connectivity index (χ3n) is 6.02. The number of halogens is 1. The number of rotatable bonds is 4. The molecule has 1 aliphatic rings. The van der Waals surface area contributed by atoms with E-state index >= 15 is 4.39 Å². The van der Waals surface area contributed by atoms with Gasteiger partial charge in [0.25, 0.3) is 5.91 Å². The number of methoxy groups -OCH3 is 1. The van der Waals surface area contributed by atoms with E-state index in [0.717, 1.165) is 12.8 Å². The van der Waals surface area contributed by atoms with E-state index in [-0.39, 0.29) is 29.3 Å². The maximum absolute atomic E-state index is 15.4. The van der Waals surface area contributed by atoms with E-state index in [1.807, 2.05) is 0 Å². The summed E-state index contributed by atoms with van der Waals surface area (Å²) in [5.74, 6) is -0.258. The average Bonchev–Trinajstić information content (AvgIpc) is 3.56. The Bertz CT molecular complexity index is 1430. The Morgan fingerprint density at radius 2 is 2.06 bits per heavy atom. The molecule has 10 heteroatoms. The van der Waals surface area contributed by atoms with Crippen LogP contribution in [0, 0.1) is 12.7 Å². The van der Waals surface area contributed by atoms with Gasteiger partial charge in [-0.25, -0.2) is 9.18 Å². The lowest BCUT2D eigenvalue weighted by molar-refractivity contribution is 0.00195. The molecule has 3 aromatic heterocycles. The molecule has 1 unspecified atom stereocenters. The lowest BCUT2D eigenvalue weighted by Gasteiger charge is -2.22. The minimum atomic E-state index is -0.568. The van der Waals surface area contributed by atoms with Gasteiger partial charge in [0.2, 0.25) is 0 Å². The molecule has 0 bridgehead atoms. The fourth-order valence-electron chi connectivity index (χ4n) is 4.39. The number of hydrogen-bond acceptors (Lipinski definition) is 6. The van der Waals surface area contributed by atoms with Crippen molar-refractivity contribution in [2.75, 3.05) is 20.7 Å². The number of aromatic nitrogens is 2. The molecule has 4 heterocycles. The molecule has 1 N–H and O–H groups in total. The highest BCUT2D eigenvalue weighted by Gasteiger charge is 2.30. The summed E-state index contributed by atoms with van der Waals surface area (Å²) in [6, 6.07) is 7.78. The van der Waals surface area contributed by atoms with Crippen LogP contribution in [0.2, 0.25) is 0 Å². The molecule has 0 saturated carbocycles. The highest BCUT2D eigenvalue weighted by atomic mass is 32.1. The number of pyridine rings is 1. The van der Waals surface area contributed by atoms with Crippen LogP contribution in [0.3, 0.4) is 0 Å². The number of thiophene rings is 1. The van der Waals surface area contributed by atoms with Crippen molar-refractivity contribution in [2.45, 2.75) is 26.0 Å². The number of hydrogen-bond donors (Lipinski definition) is 1. The first kappa shape index (κ1) is 22.3. The number of benzene rings is 1. The van der Waals surface area contributed by atoms with Gasteiger partial charge < -0.3 is 19.7 Å². The van der Waals surface area contributed by atoms with Crippen molar-refractivity contribution in [3.8, 4) is 11.5 Å². The number of nitrogens with zero attached hydrogens (tertiary/aromatic N) is 3. The third kappa shape index (κ3) is 3.59. The van der Waals surface area contributed by atoms with Crippen molar-refractivity contribution >= 4 is 44.4 Å². The second-order valence-corrected chi connectivity index (χ2v) is 9.11. The highest BCUT2D eigenvalue weighted by molar-refractivity contribution is 7.21. The summed E-state index contributed by atoms with van der Waals surface area (Å²) in [5.41, 5.74) is 1.65. The molecular weight excluding hydrogens is 459 g/mol. The zero-order valence-electron chi connectivity index (χ0n) is 18.9. The van der Waals surface area contributed by atoms with Gasteiger partial charge in [-0.15, -0.1) is 11.3 Å². The van der Waals surface area contributed by atoms with Crippen LogP contribution in [-0.2, 0) is 4.74 Å². The zero-order chi connectivity index (χ0) is 24.0. The Labute approximate surface area is 198 Å². The topological polar surface area (TPSA) is 85.7 Å². The molecule has 1 aromatic carbocycles. The van der Waals surface area contributed by atoms with Crippen LogP contribution < -0.4 is 10.1 Å². The predicted octanol–water partition coefficient (Wildman–Crippen LogP) is 4.89. The van der Waals surface area contributed by atoms with Crippen LogP contribution in [0.1, 0.15) is 28.2 Å². The monoisotopic (exact) mass is 482 g/mol. The number of ether oxygens (including phenoxy) is 2. The van der Waals surface area contributed by atoms with E-state index in [0.29, 0.717) is 38.6 Å². The Balaban J connectivity index is 1.50. The summed E-state index contributed by atoms with van der Waals surface area (Å²) in [5, 5.41) is 2.84. The molecule has 1 saturated heterocycles. The van der Waals surface area contributed by atoms with Gasteiger partial charge >= 0.3 is 6.03 Å². The van der Waals surface area contributed by atoms with E-state index in [1.54, 1.807) is 49.4 Å². The normalized spacial score (nSPS) is 15.9. The second-order valence-electron chi connectivity index (χ2n) is 8.05. The summed E-state index contributed by atoms with van der Waals surface area (Å²) < 4.78 is 28.8. The number of fused-ring (bicyclic) bond motifs is 2. The first-order valence-corrected chi connectivity index (χ1v) is 11.7. The van der Waals surface area contributed by atoms with Crippen LogP contribution in [0.5, 0.6) is 11.5 Å². The van der Waals surface area contributed by atoms with Gasteiger partial charge in [0.1, 0.15) is 12.0 Å². The van der Waals surface area contributed by atoms with E-state index in [4.69, 9.17) is 9.47 Å². The van der Waals surface area contributed by atoms with Crippen LogP contribution >= 0.6 is 11.3 Å². The lowest BCUT2D eigenvalue weighted by atomic mass is 10.2. The Morgan fingerprint density at radius 1 is 1.24 bits per heavy atom. The molecule has 2 amide bonds. The van der Waals surface area contributed by atoms with Gasteiger partial charge in [-0.3, -0.25) is 14.3 Å². The molecule has 4 aromatic rings. The van der Waals surface area contributed by atoms with Gasteiger partial charge in [-0.05, 0) is 44.0 Å². The molecule has 0 radical (unpaired) electrons. The molecular formula is C24H23FN4O4S. The number of nitrogens with one attached hydrogen (secondary N) is 1. The minimum Gasteiger partial charge on any atom is -0.453 e. The van der Waals surface area contributed by atoms with Crippen molar-refractivity contribution in [2.24, 2.45) is 0 Å². The molecule has 1 fully saturated rings. The van der Waals surface area contributed by atoms with E-state index in [1.165, 1.54) is 29.0 Å². The molecule has 0 aliphatic carbocycles. The zero-order valence-corrected chi connectivity index (χ0v) is 19.7. The SMILES string of the molecule is CNC(=O)n1c(C)cc2c(F)c(Oc3ccnc4cc(C(=O)N5CCCC5OC)sc34)ccc21. The minimum absolute atomic E-state index is 0.0225. The maximum atomic E-state index is 15.4.